The number of aromatic hydroxyl groups is 4. The van der Waals surface area contributed by atoms with Gasteiger partial charge in [0.1, 0.15) is 52.5 Å². The van der Waals surface area contributed by atoms with Gasteiger partial charge in [0.2, 0.25) is 5.43 Å². The molecule has 28 heavy (non-hydrogen) atoms. The van der Waals surface area contributed by atoms with Crippen LogP contribution >= 0.6 is 0 Å². The summed E-state index contributed by atoms with van der Waals surface area (Å²) in [6, 6.07) is 3.00. The molecule has 0 radical (unpaired) electrons. The second-order valence-electron chi connectivity index (χ2n) is 6.60. The van der Waals surface area contributed by atoms with E-state index in [1.54, 1.807) is 0 Å². The van der Waals surface area contributed by atoms with Crippen LogP contribution in [0.1, 0.15) is 11.7 Å². The lowest BCUT2D eigenvalue weighted by Gasteiger charge is -2.35. The van der Waals surface area contributed by atoms with Gasteiger partial charge in [-0.1, -0.05) is 0 Å². The van der Waals surface area contributed by atoms with E-state index >= 15 is 0 Å². The van der Waals surface area contributed by atoms with Gasteiger partial charge in [0.25, 0.3) is 0 Å². The Morgan fingerprint density at radius 2 is 1.50 bits per heavy atom. The fourth-order valence-corrected chi connectivity index (χ4v) is 3.36. The molecular formula is C18H16O10. The zero-order chi connectivity index (χ0) is 20.3. The summed E-state index contributed by atoms with van der Waals surface area (Å²) < 4.78 is 10.7. The normalized spacial score (nSPS) is 25.4. The molecule has 2 aromatic carbocycles. The molecule has 0 bridgehead atoms. The Hall–Kier alpha value is -3.05. The number of benzene rings is 2. The molecule has 1 aromatic heterocycles. The molecule has 2 heterocycles. The molecule has 1 aliphatic heterocycles. The van der Waals surface area contributed by atoms with Crippen molar-refractivity contribution in [2.24, 2.45) is 0 Å². The summed E-state index contributed by atoms with van der Waals surface area (Å²) in [4.78, 5) is 12.8. The summed E-state index contributed by atoms with van der Waals surface area (Å²) in [6.07, 6.45) is -6.07. The van der Waals surface area contributed by atoms with Crippen LogP contribution in [0.25, 0.3) is 21.9 Å². The van der Waals surface area contributed by atoms with Crippen molar-refractivity contribution in [2.45, 2.75) is 24.4 Å². The van der Waals surface area contributed by atoms with E-state index in [0.717, 1.165) is 18.2 Å². The van der Waals surface area contributed by atoms with Crippen molar-refractivity contribution >= 4 is 21.9 Å². The number of hydrogen-bond acceptors (Lipinski definition) is 10. The maximum atomic E-state index is 12.8. The van der Waals surface area contributed by atoms with E-state index in [1.165, 1.54) is 0 Å². The third-order valence-corrected chi connectivity index (χ3v) is 4.84. The molecule has 4 atom stereocenters. The third-order valence-electron chi connectivity index (χ3n) is 4.84. The van der Waals surface area contributed by atoms with Gasteiger partial charge in [-0.05, 0) is 6.07 Å². The number of fused-ring (bicyclic) bond motifs is 2. The lowest BCUT2D eigenvalue weighted by Crippen LogP contribution is -2.49. The Kier molecular flexibility index (Phi) is 4.08. The van der Waals surface area contributed by atoms with Gasteiger partial charge in [0, 0.05) is 12.1 Å². The second kappa shape index (κ2) is 6.24. The molecule has 10 nitrogen and oxygen atoms in total. The predicted octanol–water partition coefficient (Wildman–Crippen LogP) is -0.0774. The van der Waals surface area contributed by atoms with E-state index < -0.39 is 52.8 Å². The Labute approximate surface area is 155 Å². The highest BCUT2D eigenvalue weighted by Crippen LogP contribution is 2.44. The Bertz CT molecular complexity index is 1150. The van der Waals surface area contributed by atoms with Gasteiger partial charge in [-0.25, -0.2) is 0 Å². The van der Waals surface area contributed by atoms with Crippen LogP contribution in [-0.2, 0) is 4.74 Å². The van der Waals surface area contributed by atoms with Gasteiger partial charge in [-0.3, -0.25) is 4.79 Å². The number of rotatable bonds is 1. The summed E-state index contributed by atoms with van der Waals surface area (Å²) in [5, 5.41) is 69.3. The van der Waals surface area contributed by atoms with Crippen molar-refractivity contribution in [2.75, 3.05) is 6.61 Å². The Morgan fingerprint density at radius 1 is 0.857 bits per heavy atom. The average molecular weight is 392 g/mol. The molecular weight excluding hydrogens is 376 g/mol. The molecule has 1 aliphatic rings. The van der Waals surface area contributed by atoms with Gasteiger partial charge in [0.15, 0.2) is 11.5 Å². The van der Waals surface area contributed by atoms with Crippen molar-refractivity contribution < 1.29 is 44.9 Å². The van der Waals surface area contributed by atoms with Crippen LogP contribution in [0.5, 0.6) is 23.0 Å². The van der Waals surface area contributed by atoms with Crippen LogP contribution in [0, 0.1) is 0 Å². The lowest BCUT2D eigenvalue weighted by molar-refractivity contribution is -0.189. The number of aliphatic hydroxyl groups is 3. The summed E-state index contributed by atoms with van der Waals surface area (Å²) in [5.74, 6) is -2.42. The minimum Gasteiger partial charge on any atom is -0.507 e. The van der Waals surface area contributed by atoms with E-state index in [1.807, 2.05) is 0 Å². The molecule has 1 fully saturated rings. The fraction of sp³-hybridized carbons (Fsp3) is 0.278. The molecule has 4 rings (SSSR count). The van der Waals surface area contributed by atoms with E-state index in [0.29, 0.717) is 0 Å². The fourth-order valence-electron chi connectivity index (χ4n) is 3.36. The van der Waals surface area contributed by atoms with Gasteiger partial charge < -0.3 is 44.9 Å². The summed E-state index contributed by atoms with van der Waals surface area (Å²) in [6.45, 7) is -0.376. The predicted molar refractivity (Wildman–Crippen MR) is 93.4 cm³/mol. The van der Waals surface area contributed by atoms with Crippen molar-refractivity contribution in [1.29, 1.82) is 0 Å². The molecule has 3 aromatic rings. The van der Waals surface area contributed by atoms with Crippen LogP contribution in [0.3, 0.4) is 0 Å². The van der Waals surface area contributed by atoms with Crippen molar-refractivity contribution in [1.82, 2.24) is 0 Å². The van der Waals surface area contributed by atoms with Gasteiger partial charge >= 0.3 is 0 Å². The number of phenols is 4. The van der Waals surface area contributed by atoms with Gasteiger partial charge in [-0.2, -0.15) is 0 Å². The first kappa shape index (κ1) is 18.3. The number of ether oxygens (including phenoxy) is 1. The van der Waals surface area contributed by atoms with Gasteiger partial charge in [-0.15, -0.1) is 0 Å². The second-order valence-corrected chi connectivity index (χ2v) is 6.60. The molecule has 0 spiro atoms. The zero-order valence-corrected chi connectivity index (χ0v) is 14.1. The zero-order valence-electron chi connectivity index (χ0n) is 14.1. The molecule has 0 saturated carbocycles. The maximum Gasteiger partial charge on any atom is 0.204 e. The largest absolute Gasteiger partial charge is 0.507 e. The minimum atomic E-state index is -1.69. The third kappa shape index (κ3) is 2.54. The van der Waals surface area contributed by atoms with Crippen molar-refractivity contribution in [3.63, 3.8) is 0 Å². The SMILES string of the molecule is O=c1c2cc(O)c(O)cc2oc2cc(O)c(C3OCC(O)C(O)C3O)c(O)c12. The number of aliphatic hydroxyl groups excluding tert-OH is 3. The van der Waals surface area contributed by atoms with E-state index in [9.17, 15) is 40.5 Å². The average Bonchev–Trinajstić information content (AvgIpc) is 2.63. The van der Waals surface area contributed by atoms with Crippen LogP contribution in [0.4, 0.5) is 0 Å². The Morgan fingerprint density at radius 3 is 2.21 bits per heavy atom. The highest BCUT2D eigenvalue weighted by Gasteiger charge is 2.41. The molecule has 0 amide bonds. The first-order valence-corrected chi connectivity index (χ1v) is 8.23. The highest BCUT2D eigenvalue weighted by molar-refractivity contribution is 5.96. The van der Waals surface area contributed by atoms with Crippen LogP contribution in [-0.4, -0.2) is 60.7 Å². The van der Waals surface area contributed by atoms with E-state index in [-0.39, 0.29) is 34.1 Å². The van der Waals surface area contributed by atoms with Crippen LogP contribution in [0.2, 0.25) is 0 Å². The van der Waals surface area contributed by atoms with Crippen molar-refractivity contribution in [3.05, 3.63) is 34.0 Å². The standard InChI is InChI=1S/C18H16O10/c19-6-1-5-10(2-7(6)20)28-11-3-8(21)12(16(25)13(11)14(5)23)18-17(26)15(24)9(22)4-27-18/h1-3,9,15,17-22,24-26H,4H2. The van der Waals surface area contributed by atoms with E-state index in [4.69, 9.17) is 9.15 Å². The van der Waals surface area contributed by atoms with Crippen LogP contribution < -0.4 is 5.43 Å². The first-order chi connectivity index (χ1) is 13.2. The molecule has 0 aliphatic carbocycles. The van der Waals surface area contributed by atoms with Crippen molar-refractivity contribution in [3.8, 4) is 23.0 Å². The van der Waals surface area contributed by atoms with E-state index in [2.05, 4.69) is 0 Å². The van der Waals surface area contributed by atoms with Crippen LogP contribution in [0.15, 0.2) is 27.4 Å². The summed E-state index contributed by atoms with van der Waals surface area (Å²) in [5.41, 5.74) is -1.43. The number of phenolic OH excluding ortho intramolecular Hbond substituents is 4. The van der Waals surface area contributed by atoms with Gasteiger partial charge in [0.05, 0.1) is 17.6 Å². The monoisotopic (exact) mass is 392 g/mol. The molecule has 1 saturated heterocycles. The molecule has 4 unspecified atom stereocenters. The molecule has 148 valence electrons. The highest BCUT2D eigenvalue weighted by atomic mass is 16.5. The molecule has 10 heteroatoms. The maximum absolute atomic E-state index is 12.8. The number of hydrogen-bond donors (Lipinski definition) is 7. The first-order valence-electron chi connectivity index (χ1n) is 8.23. The lowest BCUT2D eigenvalue weighted by atomic mass is 9.92. The summed E-state index contributed by atoms with van der Waals surface area (Å²) in [7, 11) is 0. The smallest absolute Gasteiger partial charge is 0.204 e. The Balaban J connectivity index is 2.00. The quantitative estimate of drug-likeness (QED) is 0.219. The topological polar surface area (TPSA) is 181 Å². The molecule has 7 N–H and O–H groups in total. The minimum absolute atomic E-state index is 0.0909. The summed E-state index contributed by atoms with van der Waals surface area (Å²) >= 11 is 0.